The van der Waals surface area contributed by atoms with Gasteiger partial charge < -0.3 is 0 Å². The van der Waals surface area contributed by atoms with E-state index in [2.05, 4.69) is 32.8 Å². The first-order chi connectivity index (χ1) is 8.28. The fourth-order valence-electron chi connectivity index (χ4n) is 2.23. The Morgan fingerprint density at radius 3 is 2.82 bits per heavy atom. The summed E-state index contributed by atoms with van der Waals surface area (Å²) >= 11 is 5.36. The van der Waals surface area contributed by atoms with Crippen LogP contribution in [0.4, 0.5) is 0 Å². The number of hydrogen-bond donors (Lipinski definition) is 0. The molecular formula is C13H19BrN2S. The van der Waals surface area contributed by atoms with Gasteiger partial charge in [-0.05, 0) is 41.1 Å². The van der Waals surface area contributed by atoms with E-state index in [1.165, 1.54) is 31.4 Å². The highest BCUT2D eigenvalue weighted by Crippen LogP contribution is 2.30. The number of rotatable bonds is 5. The van der Waals surface area contributed by atoms with Gasteiger partial charge in [0.05, 0.1) is 0 Å². The van der Waals surface area contributed by atoms with Crippen LogP contribution < -0.4 is 0 Å². The third kappa shape index (κ3) is 4.25. The highest BCUT2D eigenvalue weighted by molar-refractivity contribution is 9.10. The minimum absolute atomic E-state index is 0.906. The molecule has 0 unspecified atom stereocenters. The van der Waals surface area contributed by atoms with E-state index in [1.54, 1.807) is 0 Å². The van der Waals surface area contributed by atoms with Crippen molar-refractivity contribution in [1.29, 1.82) is 0 Å². The Hall–Kier alpha value is -0.0900. The maximum absolute atomic E-state index is 4.61. The molecule has 1 fully saturated rings. The molecule has 1 aromatic heterocycles. The van der Waals surface area contributed by atoms with Crippen molar-refractivity contribution in [2.45, 2.75) is 50.5 Å². The standard InChI is InChI=1S/C13H19BrN2S/c1-2-5-12-15-11(14)8-13(16-12)17-9-10-6-3-4-7-10/h8,10H,2-7,9H2,1H3. The molecule has 0 saturated heterocycles. The van der Waals surface area contributed by atoms with Crippen LogP contribution in [0.3, 0.4) is 0 Å². The Bertz CT molecular complexity index is 364. The van der Waals surface area contributed by atoms with Crippen LogP contribution in [-0.2, 0) is 6.42 Å². The summed E-state index contributed by atoms with van der Waals surface area (Å²) in [5.74, 6) is 3.09. The van der Waals surface area contributed by atoms with Crippen molar-refractivity contribution in [3.63, 3.8) is 0 Å². The second kappa shape index (κ2) is 6.74. The van der Waals surface area contributed by atoms with Gasteiger partial charge in [-0.1, -0.05) is 19.8 Å². The fourth-order valence-corrected chi connectivity index (χ4v) is 3.91. The molecule has 1 aromatic rings. The highest BCUT2D eigenvalue weighted by Gasteiger charge is 2.15. The van der Waals surface area contributed by atoms with Crippen molar-refractivity contribution in [2.75, 3.05) is 5.75 Å². The average molecular weight is 315 g/mol. The second-order valence-electron chi connectivity index (χ2n) is 4.66. The number of thioether (sulfide) groups is 1. The van der Waals surface area contributed by atoms with Gasteiger partial charge in [0, 0.05) is 18.2 Å². The lowest BCUT2D eigenvalue weighted by Gasteiger charge is -2.08. The Kier molecular flexibility index (Phi) is 5.29. The first-order valence-electron chi connectivity index (χ1n) is 6.44. The van der Waals surface area contributed by atoms with E-state index < -0.39 is 0 Å². The van der Waals surface area contributed by atoms with Gasteiger partial charge in [-0.15, -0.1) is 11.8 Å². The van der Waals surface area contributed by atoms with Crippen LogP contribution in [0.5, 0.6) is 0 Å². The van der Waals surface area contributed by atoms with Crippen molar-refractivity contribution in [1.82, 2.24) is 9.97 Å². The minimum Gasteiger partial charge on any atom is -0.227 e. The lowest BCUT2D eigenvalue weighted by Crippen LogP contribution is -2.00. The Balaban J connectivity index is 1.94. The van der Waals surface area contributed by atoms with E-state index in [9.17, 15) is 0 Å². The summed E-state index contributed by atoms with van der Waals surface area (Å²) in [5.41, 5.74) is 0. The highest BCUT2D eigenvalue weighted by atomic mass is 79.9. The van der Waals surface area contributed by atoms with Gasteiger partial charge in [-0.3, -0.25) is 0 Å². The number of aromatic nitrogens is 2. The van der Waals surface area contributed by atoms with Crippen molar-refractivity contribution in [3.8, 4) is 0 Å². The summed E-state index contributed by atoms with van der Waals surface area (Å²) in [4.78, 5) is 9.00. The topological polar surface area (TPSA) is 25.8 Å². The zero-order valence-corrected chi connectivity index (χ0v) is 12.7. The monoisotopic (exact) mass is 314 g/mol. The van der Waals surface area contributed by atoms with Gasteiger partial charge in [-0.25, -0.2) is 9.97 Å². The Labute approximate surface area is 116 Å². The minimum atomic E-state index is 0.906. The molecule has 2 rings (SSSR count). The molecule has 4 heteroatoms. The predicted octanol–water partition coefficient (Wildman–Crippen LogP) is 4.47. The van der Waals surface area contributed by atoms with E-state index in [0.29, 0.717) is 0 Å². The SMILES string of the molecule is CCCc1nc(Br)cc(SCC2CCCC2)n1. The number of hydrogen-bond acceptors (Lipinski definition) is 3. The zero-order chi connectivity index (χ0) is 12.1. The van der Waals surface area contributed by atoms with Gasteiger partial charge in [0.1, 0.15) is 15.5 Å². The van der Waals surface area contributed by atoms with Crippen molar-refractivity contribution in [3.05, 3.63) is 16.5 Å². The molecule has 94 valence electrons. The van der Waals surface area contributed by atoms with E-state index >= 15 is 0 Å². The molecule has 2 nitrogen and oxygen atoms in total. The van der Waals surface area contributed by atoms with Crippen LogP contribution in [0.15, 0.2) is 15.7 Å². The van der Waals surface area contributed by atoms with E-state index in [1.807, 2.05) is 17.8 Å². The first-order valence-corrected chi connectivity index (χ1v) is 8.22. The first kappa shape index (κ1) is 13.3. The van der Waals surface area contributed by atoms with Crippen LogP contribution in [-0.4, -0.2) is 15.7 Å². The molecule has 0 amide bonds. The second-order valence-corrected chi connectivity index (χ2v) is 6.51. The van der Waals surface area contributed by atoms with Crippen LogP contribution >= 0.6 is 27.7 Å². The van der Waals surface area contributed by atoms with Crippen LogP contribution in [0, 0.1) is 5.92 Å². The molecule has 0 radical (unpaired) electrons. The summed E-state index contributed by atoms with van der Waals surface area (Å²) < 4.78 is 0.921. The number of halogens is 1. The summed E-state index contributed by atoms with van der Waals surface area (Å²) in [6.07, 6.45) is 7.71. The molecule has 1 heterocycles. The molecule has 0 spiro atoms. The van der Waals surface area contributed by atoms with Crippen LogP contribution in [0.25, 0.3) is 0 Å². The smallest absolute Gasteiger partial charge is 0.130 e. The maximum Gasteiger partial charge on any atom is 0.130 e. The van der Waals surface area contributed by atoms with Crippen molar-refractivity contribution < 1.29 is 0 Å². The van der Waals surface area contributed by atoms with Gasteiger partial charge in [0.2, 0.25) is 0 Å². The molecule has 0 aliphatic heterocycles. The quantitative estimate of drug-likeness (QED) is 0.592. The molecule has 0 N–H and O–H groups in total. The van der Waals surface area contributed by atoms with Gasteiger partial charge in [0.25, 0.3) is 0 Å². The molecule has 0 aromatic carbocycles. The van der Waals surface area contributed by atoms with Gasteiger partial charge in [0.15, 0.2) is 0 Å². The molecule has 1 aliphatic rings. The fraction of sp³-hybridized carbons (Fsp3) is 0.692. The molecule has 1 aliphatic carbocycles. The molecular weight excluding hydrogens is 296 g/mol. The van der Waals surface area contributed by atoms with Crippen LogP contribution in [0.1, 0.15) is 44.9 Å². The summed E-state index contributed by atoms with van der Waals surface area (Å²) in [7, 11) is 0. The van der Waals surface area contributed by atoms with Crippen LogP contribution in [0.2, 0.25) is 0 Å². The lowest BCUT2D eigenvalue weighted by atomic mass is 10.1. The third-order valence-corrected chi connectivity index (χ3v) is 4.68. The Morgan fingerprint density at radius 2 is 2.12 bits per heavy atom. The third-order valence-electron chi connectivity index (χ3n) is 3.13. The zero-order valence-electron chi connectivity index (χ0n) is 10.3. The van der Waals surface area contributed by atoms with E-state index in [0.717, 1.165) is 34.2 Å². The van der Waals surface area contributed by atoms with Gasteiger partial charge in [-0.2, -0.15) is 0 Å². The largest absolute Gasteiger partial charge is 0.227 e. The molecule has 0 atom stereocenters. The summed E-state index contributed by atoms with van der Waals surface area (Å²) in [6, 6.07) is 2.04. The Morgan fingerprint density at radius 1 is 1.35 bits per heavy atom. The summed E-state index contributed by atoms with van der Waals surface area (Å²) in [6.45, 7) is 2.16. The van der Waals surface area contributed by atoms with E-state index in [-0.39, 0.29) is 0 Å². The average Bonchev–Trinajstić information content (AvgIpc) is 2.79. The molecule has 0 bridgehead atoms. The van der Waals surface area contributed by atoms with Crippen molar-refractivity contribution in [2.24, 2.45) is 5.92 Å². The maximum atomic E-state index is 4.61. The normalized spacial score (nSPS) is 16.6. The summed E-state index contributed by atoms with van der Waals surface area (Å²) in [5, 5.41) is 1.13. The molecule has 17 heavy (non-hydrogen) atoms. The van der Waals surface area contributed by atoms with Gasteiger partial charge >= 0.3 is 0 Å². The number of aryl methyl sites for hydroxylation is 1. The number of nitrogens with zero attached hydrogens (tertiary/aromatic N) is 2. The lowest BCUT2D eigenvalue weighted by molar-refractivity contribution is 0.622. The molecule has 1 saturated carbocycles. The predicted molar refractivity (Wildman–Crippen MR) is 76.4 cm³/mol. The van der Waals surface area contributed by atoms with Crippen molar-refractivity contribution >= 4 is 27.7 Å². The van der Waals surface area contributed by atoms with E-state index in [4.69, 9.17) is 0 Å².